The van der Waals surface area contributed by atoms with Crippen molar-refractivity contribution in [1.82, 2.24) is 9.80 Å². The van der Waals surface area contributed by atoms with Crippen LogP contribution in [-0.4, -0.2) is 59.6 Å². The molecule has 0 aromatic rings. The topological polar surface area (TPSA) is 32.8 Å². The highest BCUT2D eigenvalue weighted by molar-refractivity contribution is 5.79. The average molecular weight is 320 g/mol. The summed E-state index contributed by atoms with van der Waals surface area (Å²) in [6.07, 6.45) is 11.6. The van der Waals surface area contributed by atoms with Crippen molar-refractivity contribution in [3.63, 3.8) is 0 Å². The predicted octanol–water partition coefficient (Wildman–Crippen LogP) is 2.81. The molecule has 0 N–H and O–H groups in total. The van der Waals surface area contributed by atoms with Gasteiger partial charge in [-0.3, -0.25) is 4.79 Å². The predicted molar refractivity (Wildman–Crippen MR) is 90.2 cm³/mol. The fourth-order valence-electron chi connectivity index (χ4n) is 5.36. The van der Waals surface area contributed by atoms with Gasteiger partial charge in [-0.25, -0.2) is 0 Å². The zero-order valence-electron chi connectivity index (χ0n) is 14.6. The summed E-state index contributed by atoms with van der Waals surface area (Å²) in [4.78, 5) is 17.5. The largest absolute Gasteiger partial charge is 0.366 e. The zero-order chi connectivity index (χ0) is 15.8. The third kappa shape index (κ3) is 3.05. The quantitative estimate of drug-likeness (QED) is 0.801. The first-order chi connectivity index (χ1) is 11.3. The number of carbonyl (C=O) groups is 1. The van der Waals surface area contributed by atoms with Crippen LogP contribution in [0.2, 0.25) is 0 Å². The Balaban J connectivity index is 1.34. The van der Waals surface area contributed by atoms with Crippen molar-refractivity contribution >= 4 is 5.91 Å². The summed E-state index contributed by atoms with van der Waals surface area (Å²) >= 11 is 0. The molecule has 2 saturated heterocycles. The van der Waals surface area contributed by atoms with Crippen LogP contribution >= 0.6 is 0 Å². The first-order valence-corrected chi connectivity index (χ1v) is 9.93. The molecule has 130 valence electrons. The highest BCUT2D eigenvalue weighted by Gasteiger charge is 2.43. The molecule has 1 amide bonds. The van der Waals surface area contributed by atoms with Crippen molar-refractivity contribution < 1.29 is 9.53 Å². The Bertz CT molecular complexity index is 427. The lowest BCUT2D eigenvalue weighted by Crippen LogP contribution is -2.61. The van der Waals surface area contributed by atoms with Crippen molar-refractivity contribution in [2.24, 2.45) is 5.92 Å². The van der Waals surface area contributed by atoms with Gasteiger partial charge in [-0.1, -0.05) is 26.2 Å². The summed E-state index contributed by atoms with van der Waals surface area (Å²) in [5.74, 6) is 1.22. The molecule has 4 heteroatoms. The maximum Gasteiger partial charge on any atom is 0.249 e. The highest BCUT2D eigenvalue weighted by Crippen LogP contribution is 2.37. The fraction of sp³-hybridized carbons (Fsp3) is 0.947. The number of fused-ring (bicyclic) bond motifs is 1. The van der Waals surface area contributed by atoms with Crippen LogP contribution in [0.5, 0.6) is 0 Å². The molecule has 23 heavy (non-hydrogen) atoms. The van der Waals surface area contributed by atoms with Gasteiger partial charge < -0.3 is 14.5 Å². The molecule has 2 aliphatic carbocycles. The minimum atomic E-state index is 0.251. The summed E-state index contributed by atoms with van der Waals surface area (Å²) < 4.78 is 5.82. The van der Waals surface area contributed by atoms with E-state index in [9.17, 15) is 4.79 Å². The molecule has 0 unspecified atom stereocenters. The SMILES string of the molecule is CCC1CC(N2CCC(N3C(=O)CO[C@H]4CCCC[C@@H]43)CC2)C1. The van der Waals surface area contributed by atoms with E-state index in [-0.39, 0.29) is 5.91 Å². The Kier molecular flexibility index (Phi) is 4.64. The van der Waals surface area contributed by atoms with Gasteiger partial charge in [0.05, 0.1) is 12.1 Å². The Morgan fingerprint density at radius 2 is 1.78 bits per heavy atom. The van der Waals surface area contributed by atoms with Crippen LogP contribution in [0.15, 0.2) is 0 Å². The van der Waals surface area contributed by atoms with E-state index >= 15 is 0 Å². The lowest BCUT2D eigenvalue weighted by atomic mass is 9.77. The Morgan fingerprint density at radius 1 is 1.04 bits per heavy atom. The van der Waals surface area contributed by atoms with E-state index in [1.54, 1.807) is 0 Å². The molecule has 0 bridgehead atoms. The fourth-order valence-corrected chi connectivity index (χ4v) is 5.36. The van der Waals surface area contributed by atoms with E-state index in [0.717, 1.165) is 24.8 Å². The molecule has 0 radical (unpaired) electrons. The van der Waals surface area contributed by atoms with Crippen molar-refractivity contribution in [3.05, 3.63) is 0 Å². The van der Waals surface area contributed by atoms with Crippen LogP contribution < -0.4 is 0 Å². The summed E-state index contributed by atoms with van der Waals surface area (Å²) in [5, 5.41) is 0. The van der Waals surface area contributed by atoms with Crippen LogP contribution in [0.1, 0.15) is 64.7 Å². The van der Waals surface area contributed by atoms with Gasteiger partial charge in [0, 0.05) is 25.2 Å². The Hall–Kier alpha value is -0.610. The summed E-state index contributed by atoms with van der Waals surface area (Å²) in [7, 11) is 0. The number of hydrogen-bond acceptors (Lipinski definition) is 3. The van der Waals surface area contributed by atoms with E-state index in [0.29, 0.717) is 24.8 Å². The molecule has 4 rings (SSSR count). The third-order valence-corrected chi connectivity index (χ3v) is 6.93. The van der Waals surface area contributed by atoms with Crippen molar-refractivity contribution in [2.45, 2.75) is 88.9 Å². The van der Waals surface area contributed by atoms with E-state index in [1.807, 2.05) is 0 Å². The summed E-state index contributed by atoms with van der Waals surface area (Å²) in [5.41, 5.74) is 0. The number of amides is 1. The Morgan fingerprint density at radius 3 is 2.52 bits per heavy atom. The molecule has 4 nitrogen and oxygen atoms in total. The molecular formula is C19H32N2O2. The number of rotatable bonds is 3. The van der Waals surface area contributed by atoms with Crippen molar-refractivity contribution in [3.8, 4) is 0 Å². The average Bonchev–Trinajstić information content (AvgIpc) is 2.55. The molecule has 0 aromatic heterocycles. The van der Waals surface area contributed by atoms with Crippen LogP contribution in [0.3, 0.4) is 0 Å². The number of nitrogens with zero attached hydrogens (tertiary/aromatic N) is 2. The molecule has 2 aliphatic heterocycles. The van der Waals surface area contributed by atoms with Gasteiger partial charge >= 0.3 is 0 Å². The smallest absolute Gasteiger partial charge is 0.249 e. The molecule has 4 fully saturated rings. The lowest BCUT2D eigenvalue weighted by Gasteiger charge is -2.51. The van der Waals surface area contributed by atoms with E-state index in [4.69, 9.17) is 4.74 Å². The second kappa shape index (κ2) is 6.72. The second-order valence-electron chi connectivity index (χ2n) is 8.17. The van der Waals surface area contributed by atoms with Crippen LogP contribution in [-0.2, 0) is 9.53 Å². The molecular weight excluding hydrogens is 288 g/mol. The number of likely N-dealkylation sites (tertiary alicyclic amines) is 1. The molecule has 2 saturated carbocycles. The summed E-state index contributed by atoms with van der Waals surface area (Å²) in [6.45, 7) is 5.02. The maximum absolute atomic E-state index is 12.5. The number of hydrogen-bond donors (Lipinski definition) is 0. The van der Waals surface area contributed by atoms with E-state index < -0.39 is 0 Å². The second-order valence-corrected chi connectivity index (χ2v) is 8.17. The van der Waals surface area contributed by atoms with Gasteiger partial charge in [0.2, 0.25) is 5.91 Å². The van der Waals surface area contributed by atoms with Gasteiger partial charge in [-0.05, 0) is 44.4 Å². The standard InChI is InChI=1S/C19H32N2O2/c1-2-14-11-16(12-14)20-9-7-15(8-10-20)21-17-5-3-4-6-18(17)23-13-19(21)22/h14-18H,2-13H2,1H3/t14?,16?,17-,18-/m0/s1. The van der Waals surface area contributed by atoms with E-state index in [2.05, 4.69) is 16.7 Å². The third-order valence-electron chi connectivity index (χ3n) is 6.93. The van der Waals surface area contributed by atoms with Gasteiger partial charge in [0.1, 0.15) is 6.61 Å². The molecule has 2 heterocycles. The maximum atomic E-state index is 12.5. The van der Waals surface area contributed by atoms with Crippen LogP contribution in [0, 0.1) is 5.92 Å². The van der Waals surface area contributed by atoms with Gasteiger partial charge in [-0.15, -0.1) is 0 Å². The van der Waals surface area contributed by atoms with Gasteiger partial charge in [-0.2, -0.15) is 0 Å². The number of ether oxygens (including phenoxy) is 1. The van der Waals surface area contributed by atoms with Gasteiger partial charge in [0.25, 0.3) is 0 Å². The number of carbonyl (C=O) groups excluding carboxylic acids is 1. The van der Waals surface area contributed by atoms with Crippen LogP contribution in [0.4, 0.5) is 0 Å². The minimum Gasteiger partial charge on any atom is -0.366 e. The Labute approximate surface area is 140 Å². The van der Waals surface area contributed by atoms with Crippen LogP contribution in [0.25, 0.3) is 0 Å². The molecule has 0 spiro atoms. The molecule has 0 aromatic carbocycles. The number of piperidine rings is 1. The molecule has 4 aliphatic rings. The summed E-state index contributed by atoms with van der Waals surface area (Å²) in [6, 6.07) is 1.67. The lowest BCUT2D eigenvalue weighted by molar-refractivity contribution is -0.167. The zero-order valence-corrected chi connectivity index (χ0v) is 14.6. The van der Waals surface area contributed by atoms with Crippen molar-refractivity contribution in [1.29, 1.82) is 0 Å². The monoisotopic (exact) mass is 320 g/mol. The highest BCUT2D eigenvalue weighted by atomic mass is 16.5. The number of morpholine rings is 1. The van der Waals surface area contributed by atoms with Crippen molar-refractivity contribution in [2.75, 3.05) is 19.7 Å². The molecule has 2 atom stereocenters. The minimum absolute atomic E-state index is 0.251. The normalized spacial score (nSPS) is 39.9. The first-order valence-electron chi connectivity index (χ1n) is 9.93. The van der Waals surface area contributed by atoms with E-state index in [1.165, 1.54) is 58.0 Å². The van der Waals surface area contributed by atoms with Gasteiger partial charge in [0.15, 0.2) is 0 Å². The first kappa shape index (κ1) is 15.9.